The van der Waals surface area contributed by atoms with Gasteiger partial charge in [0.25, 0.3) is 0 Å². The molecule has 0 saturated heterocycles. The molecule has 0 radical (unpaired) electrons. The molecule has 1 rings (SSSR count). The van der Waals surface area contributed by atoms with Gasteiger partial charge in [-0.15, -0.1) is 0 Å². The van der Waals surface area contributed by atoms with Crippen LogP contribution in [0.15, 0.2) is 24.3 Å². The van der Waals surface area contributed by atoms with Crippen molar-refractivity contribution in [1.82, 2.24) is 0 Å². The van der Waals surface area contributed by atoms with Crippen molar-refractivity contribution in [1.29, 1.82) is 0 Å². The first kappa shape index (κ1) is 15.5. The van der Waals surface area contributed by atoms with E-state index in [-0.39, 0.29) is 5.75 Å². The zero-order valence-electron chi connectivity index (χ0n) is 10.7. The second-order valence-electron chi connectivity index (χ2n) is 3.94. The molecule has 106 valence electrons. The number of carbonyl (C=O) groups excluding carboxylic acids is 1. The number of primary sulfonamides is 1. The Hall–Kier alpha value is -1.60. The van der Waals surface area contributed by atoms with Crippen LogP contribution < -0.4 is 9.88 Å². The fraction of sp³-hybridized carbons (Fsp3) is 0.417. The van der Waals surface area contributed by atoms with Crippen LogP contribution in [-0.4, -0.2) is 33.9 Å². The highest BCUT2D eigenvalue weighted by molar-refractivity contribution is 7.89. The van der Waals surface area contributed by atoms with Gasteiger partial charge in [0.1, 0.15) is 5.75 Å². The molecule has 0 aliphatic heterocycles. The van der Waals surface area contributed by atoms with Crippen molar-refractivity contribution < 1.29 is 22.7 Å². The average Bonchev–Trinajstić information content (AvgIpc) is 2.36. The van der Waals surface area contributed by atoms with Gasteiger partial charge in [-0.3, -0.25) is 0 Å². The fourth-order valence-electron chi connectivity index (χ4n) is 1.43. The average molecular weight is 287 g/mol. The SMILES string of the molecule is COC(=O)c1cccc(OCCCCS(N)(=O)=O)c1. The Bertz CT molecular complexity index is 527. The topological polar surface area (TPSA) is 95.7 Å². The summed E-state index contributed by atoms with van der Waals surface area (Å²) in [5.74, 6) is 0.0524. The van der Waals surface area contributed by atoms with Crippen molar-refractivity contribution >= 4 is 16.0 Å². The number of carbonyl (C=O) groups is 1. The summed E-state index contributed by atoms with van der Waals surface area (Å²) in [7, 11) is -2.10. The summed E-state index contributed by atoms with van der Waals surface area (Å²) < 4.78 is 31.4. The predicted octanol–water partition coefficient (Wildman–Crippen LogP) is 0.921. The molecule has 0 aromatic heterocycles. The number of sulfonamides is 1. The lowest BCUT2D eigenvalue weighted by Crippen LogP contribution is -2.16. The summed E-state index contributed by atoms with van der Waals surface area (Å²) in [6, 6.07) is 6.60. The van der Waals surface area contributed by atoms with Gasteiger partial charge < -0.3 is 9.47 Å². The molecule has 7 heteroatoms. The summed E-state index contributed by atoms with van der Waals surface area (Å²) in [6.07, 6.45) is 1.01. The molecule has 0 bridgehead atoms. The van der Waals surface area contributed by atoms with Crippen LogP contribution in [0.25, 0.3) is 0 Å². The molecule has 1 aromatic carbocycles. The number of benzene rings is 1. The van der Waals surface area contributed by atoms with Crippen LogP contribution in [0.5, 0.6) is 5.75 Å². The standard InChI is InChI=1S/C12H17NO5S/c1-17-12(14)10-5-4-6-11(9-10)18-7-2-3-8-19(13,15)16/h4-6,9H,2-3,7-8H2,1H3,(H2,13,15,16). The lowest BCUT2D eigenvalue weighted by molar-refractivity contribution is 0.0600. The molecule has 0 unspecified atom stereocenters. The molecule has 0 fully saturated rings. The zero-order valence-corrected chi connectivity index (χ0v) is 11.5. The van der Waals surface area contributed by atoms with E-state index in [1.165, 1.54) is 7.11 Å². The van der Waals surface area contributed by atoms with E-state index < -0.39 is 16.0 Å². The van der Waals surface area contributed by atoms with Crippen molar-refractivity contribution in [3.8, 4) is 5.75 Å². The van der Waals surface area contributed by atoms with Crippen LogP contribution >= 0.6 is 0 Å². The van der Waals surface area contributed by atoms with Gasteiger partial charge in [0.2, 0.25) is 10.0 Å². The van der Waals surface area contributed by atoms with E-state index in [2.05, 4.69) is 4.74 Å². The van der Waals surface area contributed by atoms with Gasteiger partial charge in [-0.25, -0.2) is 18.4 Å². The molecule has 0 atom stereocenters. The van der Waals surface area contributed by atoms with E-state index in [0.717, 1.165) is 0 Å². The van der Waals surface area contributed by atoms with E-state index >= 15 is 0 Å². The van der Waals surface area contributed by atoms with Gasteiger partial charge in [-0.05, 0) is 31.0 Å². The van der Waals surface area contributed by atoms with Crippen molar-refractivity contribution in [2.75, 3.05) is 19.5 Å². The van der Waals surface area contributed by atoms with E-state index in [1.54, 1.807) is 24.3 Å². The predicted molar refractivity (Wildman–Crippen MR) is 70.5 cm³/mol. The molecular weight excluding hydrogens is 270 g/mol. The van der Waals surface area contributed by atoms with E-state index in [1.807, 2.05) is 0 Å². The van der Waals surface area contributed by atoms with E-state index in [4.69, 9.17) is 9.88 Å². The number of esters is 1. The molecule has 2 N–H and O–H groups in total. The van der Waals surface area contributed by atoms with Gasteiger partial charge in [0, 0.05) is 0 Å². The van der Waals surface area contributed by atoms with E-state index in [9.17, 15) is 13.2 Å². The first-order chi connectivity index (χ1) is 8.92. The minimum absolute atomic E-state index is 0.0570. The van der Waals surface area contributed by atoms with Crippen LogP contribution in [-0.2, 0) is 14.8 Å². The molecule has 1 aromatic rings. The highest BCUT2D eigenvalue weighted by Gasteiger charge is 2.06. The number of hydrogen-bond acceptors (Lipinski definition) is 5. The summed E-state index contributed by atoms with van der Waals surface area (Å²) in [6.45, 7) is 0.361. The van der Waals surface area contributed by atoms with Gasteiger partial charge in [0.05, 0.1) is 25.0 Å². The maximum absolute atomic E-state index is 11.3. The van der Waals surface area contributed by atoms with Crippen LogP contribution in [0.3, 0.4) is 0 Å². The van der Waals surface area contributed by atoms with Crippen molar-refractivity contribution in [3.05, 3.63) is 29.8 Å². The monoisotopic (exact) mass is 287 g/mol. The Balaban J connectivity index is 2.39. The molecule has 0 saturated carbocycles. The lowest BCUT2D eigenvalue weighted by atomic mass is 10.2. The quantitative estimate of drug-likeness (QED) is 0.594. The van der Waals surface area contributed by atoms with Crippen LogP contribution in [0.1, 0.15) is 23.2 Å². The molecule has 19 heavy (non-hydrogen) atoms. The number of hydrogen-bond donors (Lipinski definition) is 1. The van der Waals surface area contributed by atoms with Gasteiger partial charge in [-0.1, -0.05) is 6.07 Å². The summed E-state index contributed by atoms with van der Waals surface area (Å²) >= 11 is 0. The molecule has 0 amide bonds. The van der Waals surface area contributed by atoms with Crippen LogP contribution in [0.4, 0.5) is 0 Å². The molecular formula is C12H17NO5S. The third-order valence-corrected chi connectivity index (χ3v) is 3.20. The largest absolute Gasteiger partial charge is 0.494 e. The second-order valence-corrected chi connectivity index (χ2v) is 5.68. The Kier molecular flexibility index (Phi) is 5.78. The Morgan fingerprint density at radius 3 is 2.68 bits per heavy atom. The zero-order chi connectivity index (χ0) is 14.3. The number of nitrogens with two attached hydrogens (primary N) is 1. The van der Waals surface area contributed by atoms with Crippen LogP contribution in [0, 0.1) is 0 Å². The number of methoxy groups -OCH3 is 1. The Morgan fingerprint density at radius 2 is 2.05 bits per heavy atom. The van der Waals surface area contributed by atoms with Crippen molar-refractivity contribution in [3.63, 3.8) is 0 Å². The van der Waals surface area contributed by atoms with Crippen molar-refractivity contribution in [2.24, 2.45) is 5.14 Å². The van der Waals surface area contributed by atoms with Gasteiger partial charge in [-0.2, -0.15) is 0 Å². The Morgan fingerprint density at radius 1 is 1.32 bits per heavy atom. The summed E-state index contributed by atoms with van der Waals surface area (Å²) in [5.41, 5.74) is 0.407. The highest BCUT2D eigenvalue weighted by atomic mass is 32.2. The lowest BCUT2D eigenvalue weighted by Gasteiger charge is -2.07. The molecule has 0 aliphatic rings. The molecule has 6 nitrogen and oxygen atoms in total. The number of unbranched alkanes of at least 4 members (excludes halogenated alkanes) is 1. The maximum atomic E-state index is 11.3. The third kappa shape index (κ3) is 6.21. The number of rotatable bonds is 7. The normalized spacial score (nSPS) is 11.1. The van der Waals surface area contributed by atoms with Crippen LogP contribution in [0.2, 0.25) is 0 Å². The molecule has 0 heterocycles. The third-order valence-electron chi connectivity index (χ3n) is 2.35. The smallest absolute Gasteiger partial charge is 0.337 e. The summed E-state index contributed by atoms with van der Waals surface area (Å²) in [4.78, 5) is 11.3. The minimum atomic E-state index is -3.41. The first-order valence-electron chi connectivity index (χ1n) is 5.74. The minimum Gasteiger partial charge on any atom is -0.494 e. The highest BCUT2D eigenvalue weighted by Crippen LogP contribution is 2.14. The molecule has 0 spiro atoms. The maximum Gasteiger partial charge on any atom is 0.337 e. The first-order valence-corrected chi connectivity index (χ1v) is 7.45. The fourth-order valence-corrected chi connectivity index (χ4v) is 2.03. The Labute approximate surface area is 112 Å². The second kappa shape index (κ2) is 7.10. The van der Waals surface area contributed by atoms with Crippen molar-refractivity contribution in [2.45, 2.75) is 12.8 Å². The van der Waals surface area contributed by atoms with E-state index in [0.29, 0.717) is 30.8 Å². The van der Waals surface area contributed by atoms with Gasteiger partial charge in [0.15, 0.2) is 0 Å². The molecule has 0 aliphatic carbocycles. The van der Waals surface area contributed by atoms with Gasteiger partial charge >= 0.3 is 5.97 Å². The number of ether oxygens (including phenoxy) is 2. The summed E-state index contributed by atoms with van der Waals surface area (Å²) in [5, 5.41) is 4.88.